The van der Waals surface area contributed by atoms with E-state index < -0.39 is 0 Å². The first-order valence-corrected chi connectivity index (χ1v) is 6.21. The van der Waals surface area contributed by atoms with Crippen LogP contribution in [-0.4, -0.2) is 37.6 Å². The molecule has 1 saturated heterocycles. The van der Waals surface area contributed by atoms with Crippen molar-refractivity contribution in [3.05, 3.63) is 35.6 Å². The molecular formula is C13H20FN3. The van der Waals surface area contributed by atoms with E-state index in [1.54, 1.807) is 0 Å². The molecule has 0 amide bonds. The zero-order valence-corrected chi connectivity index (χ0v) is 10.0. The van der Waals surface area contributed by atoms with E-state index in [1.165, 1.54) is 17.7 Å². The van der Waals surface area contributed by atoms with Crippen molar-refractivity contribution >= 4 is 0 Å². The fourth-order valence-corrected chi connectivity index (χ4v) is 2.32. The zero-order chi connectivity index (χ0) is 12.1. The Hall–Kier alpha value is -0.970. The summed E-state index contributed by atoms with van der Waals surface area (Å²) >= 11 is 0. The van der Waals surface area contributed by atoms with Crippen LogP contribution in [-0.2, 0) is 0 Å². The Bertz CT molecular complexity index is 339. The maximum Gasteiger partial charge on any atom is 0.123 e. The quantitative estimate of drug-likeness (QED) is 0.824. The predicted molar refractivity (Wildman–Crippen MR) is 67.3 cm³/mol. The van der Waals surface area contributed by atoms with Gasteiger partial charge in [-0.15, -0.1) is 0 Å². The topological polar surface area (TPSA) is 41.3 Å². The molecule has 3 nitrogen and oxygen atoms in total. The van der Waals surface area contributed by atoms with Crippen LogP contribution in [0.5, 0.6) is 0 Å². The molecule has 1 aromatic rings. The van der Waals surface area contributed by atoms with Crippen molar-refractivity contribution in [2.24, 2.45) is 5.73 Å². The summed E-state index contributed by atoms with van der Waals surface area (Å²) in [4.78, 5) is 2.43. The summed E-state index contributed by atoms with van der Waals surface area (Å²) in [6, 6.07) is 7.16. The molecule has 2 rings (SSSR count). The van der Waals surface area contributed by atoms with Gasteiger partial charge < -0.3 is 11.1 Å². The van der Waals surface area contributed by atoms with Crippen LogP contribution in [0.1, 0.15) is 18.0 Å². The molecule has 1 atom stereocenters. The van der Waals surface area contributed by atoms with Crippen molar-refractivity contribution in [1.82, 2.24) is 10.2 Å². The molecule has 17 heavy (non-hydrogen) atoms. The lowest BCUT2D eigenvalue weighted by atomic mass is 10.0. The monoisotopic (exact) mass is 237 g/mol. The maximum atomic E-state index is 12.9. The molecule has 0 radical (unpaired) electrons. The standard InChI is InChI=1S/C13H20FN3/c14-12-4-2-11(3-5-12)13-10-16-7-9-17(13)8-1-6-15/h2-5,13,16H,1,6-10,15H2. The number of nitrogens with one attached hydrogen (secondary N) is 1. The number of hydrogen-bond acceptors (Lipinski definition) is 3. The highest BCUT2D eigenvalue weighted by atomic mass is 19.1. The van der Waals surface area contributed by atoms with E-state index in [1.807, 2.05) is 12.1 Å². The molecule has 1 aromatic carbocycles. The van der Waals surface area contributed by atoms with E-state index in [-0.39, 0.29) is 5.82 Å². The third kappa shape index (κ3) is 3.25. The molecular weight excluding hydrogens is 217 g/mol. The van der Waals surface area contributed by atoms with E-state index in [2.05, 4.69) is 10.2 Å². The Balaban J connectivity index is 2.07. The second-order valence-electron chi connectivity index (χ2n) is 4.45. The lowest BCUT2D eigenvalue weighted by Crippen LogP contribution is -2.46. The Morgan fingerprint density at radius 2 is 2.12 bits per heavy atom. The van der Waals surface area contributed by atoms with Gasteiger partial charge in [0.1, 0.15) is 5.82 Å². The van der Waals surface area contributed by atoms with E-state index in [9.17, 15) is 4.39 Å². The van der Waals surface area contributed by atoms with Gasteiger partial charge in [-0.25, -0.2) is 4.39 Å². The second kappa shape index (κ2) is 6.10. The molecule has 4 heteroatoms. The number of hydrogen-bond donors (Lipinski definition) is 2. The zero-order valence-electron chi connectivity index (χ0n) is 10.0. The van der Waals surface area contributed by atoms with Gasteiger partial charge in [0.2, 0.25) is 0 Å². The van der Waals surface area contributed by atoms with Crippen molar-refractivity contribution in [2.45, 2.75) is 12.5 Å². The fourth-order valence-electron chi connectivity index (χ4n) is 2.32. The van der Waals surface area contributed by atoms with Crippen LogP contribution in [0.15, 0.2) is 24.3 Å². The van der Waals surface area contributed by atoms with Gasteiger partial charge >= 0.3 is 0 Å². The number of benzene rings is 1. The van der Waals surface area contributed by atoms with Crippen LogP contribution >= 0.6 is 0 Å². The van der Waals surface area contributed by atoms with Crippen molar-refractivity contribution in [1.29, 1.82) is 0 Å². The SMILES string of the molecule is NCCCN1CCNCC1c1ccc(F)cc1. The van der Waals surface area contributed by atoms with E-state index in [4.69, 9.17) is 5.73 Å². The molecule has 1 aliphatic heterocycles. The first-order valence-electron chi connectivity index (χ1n) is 6.21. The highest BCUT2D eigenvalue weighted by molar-refractivity contribution is 5.21. The smallest absolute Gasteiger partial charge is 0.123 e. The third-order valence-corrected chi connectivity index (χ3v) is 3.26. The Labute approximate surface area is 102 Å². The molecule has 1 fully saturated rings. The second-order valence-corrected chi connectivity index (χ2v) is 4.45. The molecule has 3 N–H and O–H groups in total. The van der Waals surface area contributed by atoms with E-state index in [0.29, 0.717) is 6.04 Å². The average molecular weight is 237 g/mol. The predicted octanol–water partition coefficient (Wildman–Crippen LogP) is 1.12. The minimum atomic E-state index is -0.175. The van der Waals surface area contributed by atoms with Crippen LogP contribution < -0.4 is 11.1 Å². The minimum absolute atomic E-state index is 0.175. The molecule has 0 spiro atoms. The fraction of sp³-hybridized carbons (Fsp3) is 0.538. The van der Waals surface area contributed by atoms with Crippen molar-refractivity contribution in [3.8, 4) is 0 Å². The molecule has 1 heterocycles. The summed E-state index contributed by atoms with van der Waals surface area (Å²) < 4.78 is 12.9. The van der Waals surface area contributed by atoms with Gasteiger partial charge in [-0.3, -0.25) is 4.90 Å². The van der Waals surface area contributed by atoms with Crippen LogP contribution in [0.4, 0.5) is 4.39 Å². The first kappa shape index (κ1) is 12.5. The summed E-state index contributed by atoms with van der Waals surface area (Å²) in [6.07, 6.45) is 1.01. The van der Waals surface area contributed by atoms with E-state index in [0.717, 1.165) is 39.1 Å². The van der Waals surface area contributed by atoms with E-state index >= 15 is 0 Å². The Kier molecular flexibility index (Phi) is 4.48. The first-order chi connectivity index (χ1) is 8.31. The molecule has 1 unspecified atom stereocenters. The van der Waals surface area contributed by atoms with Gasteiger partial charge in [-0.1, -0.05) is 12.1 Å². The lowest BCUT2D eigenvalue weighted by Gasteiger charge is -2.36. The van der Waals surface area contributed by atoms with Gasteiger partial charge in [0.25, 0.3) is 0 Å². The van der Waals surface area contributed by atoms with Gasteiger partial charge in [-0.05, 0) is 30.7 Å². The van der Waals surface area contributed by atoms with Gasteiger partial charge in [0.05, 0.1) is 0 Å². The lowest BCUT2D eigenvalue weighted by molar-refractivity contribution is 0.161. The Morgan fingerprint density at radius 3 is 2.82 bits per heavy atom. The number of rotatable bonds is 4. The highest BCUT2D eigenvalue weighted by Crippen LogP contribution is 2.22. The largest absolute Gasteiger partial charge is 0.330 e. The van der Waals surface area contributed by atoms with Crippen LogP contribution in [0, 0.1) is 5.82 Å². The molecule has 0 aromatic heterocycles. The van der Waals surface area contributed by atoms with Crippen LogP contribution in [0.3, 0.4) is 0 Å². The minimum Gasteiger partial charge on any atom is -0.330 e. The van der Waals surface area contributed by atoms with Gasteiger partial charge in [0.15, 0.2) is 0 Å². The third-order valence-electron chi connectivity index (χ3n) is 3.26. The number of halogens is 1. The summed E-state index contributed by atoms with van der Waals surface area (Å²) in [7, 11) is 0. The normalized spacial score (nSPS) is 21.6. The number of nitrogens with two attached hydrogens (primary N) is 1. The number of nitrogens with zero attached hydrogens (tertiary/aromatic N) is 1. The Morgan fingerprint density at radius 1 is 1.35 bits per heavy atom. The molecule has 0 aliphatic carbocycles. The average Bonchev–Trinajstić information content (AvgIpc) is 2.38. The molecule has 0 saturated carbocycles. The summed E-state index contributed by atoms with van der Waals surface area (Å²) in [5, 5.41) is 3.39. The molecule has 0 bridgehead atoms. The van der Waals surface area contributed by atoms with Crippen LogP contribution in [0.25, 0.3) is 0 Å². The van der Waals surface area contributed by atoms with Crippen LogP contribution in [0.2, 0.25) is 0 Å². The molecule has 1 aliphatic rings. The van der Waals surface area contributed by atoms with Crippen molar-refractivity contribution in [3.63, 3.8) is 0 Å². The molecule has 94 valence electrons. The summed E-state index contributed by atoms with van der Waals surface area (Å²) in [5.41, 5.74) is 6.73. The van der Waals surface area contributed by atoms with Gasteiger partial charge in [0, 0.05) is 32.2 Å². The van der Waals surface area contributed by atoms with Gasteiger partial charge in [-0.2, -0.15) is 0 Å². The highest BCUT2D eigenvalue weighted by Gasteiger charge is 2.22. The summed E-state index contributed by atoms with van der Waals surface area (Å²) in [5.74, 6) is -0.175. The summed E-state index contributed by atoms with van der Waals surface area (Å²) in [6.45, 7) is 4.71. The maximum absolute atomic E-state index is 12.9. The number of piperazine rings is 1. The van der Waals surface area contributed by atoms with Crippen molar-refractivity contribution < 1.29 is 4.39 Å². The van der Waals surface area contributed by atoms with Crippen molar-refractivity contribution in [2.75, 3.05) is 32.7 Å².